The van der Waals surface area contributed by atoms with Gasteiger partial charge < -0.3 is 14.0 Å². The molecule has 7 heteroatoms. The van der Waals surface area contributed by atoms with Gasteiger partial charge in [-0.1, -0.05) is 42.5 Å². The van der Waals surface area contributed by atoms with Gasteiger partial charge in [-0.2, -0.15) is 5.10 Å². The summed E-state index contributed by atoms with van der Waals surface area (Å²) >= 11 is 3.54. The van der Waals surface area contributed by atoms with Crippen LogP contribution in [0.2, 0.25) is 0 Å². The van der Waals surface area contributed by atoms with Gasteiger partial charge in [0.25, 0.3) is 5.91 Å². The highest BCUT2D eigenvalue weighted by Gasteiger charge is 2.13. The van der Waals surface area contributed by atoms with E-state index < -0.39 is 0 Å². The summed E-state index contributed by atoms with van der Waals surface area (Å²) in [4.78, 5) is 12.7. The average molecular weight is 504 g/mol. The van der Waals surface area contributed by atoms with E-state index in [0.29, 0.717) is 23.7 Å². The fourth-order valence-corrected chi connectivity index (χ4v) is 3.87. The maximum atomic E-state index is 12.7. The molecule has 4 aromatic rings. The van der Waals surface area contributed by atoms with Crippen LogP contribution in [0.5, 0.6) is 11.5 Å². The monoisotopic (exact) mass is 503 g/mol. The van der Waals surface area contributed by atoms with Crippen molar-refractivity contribution >= 4 is 28.1 Å². The molecule has 33 heavy (non-hydrogen) atoms. The Hall–Kier alpha value is -3.84. The molecular weight excluding hydrogens is 482 g/mol. The number of ether oxygens (including phenoxy) is 2. The second-order valence-corrected chi connectivity index (χ2v) is 7.97. The van der Waals surface area contributed by atoms with Gasteiger partial charge in [0.1, 0.15) is 6.61 Å². The van der Waals surface area contributed by atoms with E-state index in [-0.39, 0.29) is 5.91 Å². The van der Waals surface area contributed by atoms with Gasteiger partial charge in [-0.25, -0.2) is 5.43 Å². The first-order valence-electron chi connectivity index (χ1n) is 10.3. The lowest BCUT2D eigenvalue weighted by Gasteiger charge is -2.13. The van der Waals surface area contributed by atoms with Crippen LogP contribution in [0.1, 0.15) is 21.5 Å². The van der Waals surface area contributed by atoms with E-state index in [9.17, 15) is 4.79 Å². The SMILES string of the molecule is COc1cc(/C=N\NC(=O)c2ccccc2-n2cccc2)cc(Br)c1OCc1ccccc1. The number of hydrogen-bond acceptors (Lipinski definition) is 4. The zero-order valence-electron chi connectivity index (χ0n) is 17.9. The number of aromatic nitrogens is 1. The number of nitrogens with zero attached hydrogens (tertiary/aromatic N) is 2. The third-order valence-electron chi connectivity index (χ3n) is 4.89. The first-order valence-corrected chi connectivity index (χ1v) is 11.0. The molecule has 0 atom stereocenters. The fourth-order valence-electron chi connectivity index (χ4n) is 3.30. The smallest absolute Gasteiger partial charge is 0.273 e. The van der Waals surface area contributed by atoms with Crippen LogP contribution >= 0.6 is 15.9 Å². The molecule has 0 saturated carbocycles. The summed E-state index contributed by atoms with van der Waals surface area (Å²) in [6.07, 6.45) is 5.34. The second kappa shape index (κ2) is 10.7. The van der Waals surface area contributed by atoms with Crippen LogP contribution in [-0.2, 0) is 6.61 Å². The number of carbonyl (C=O) groups is 1. The number of para-hydroxylation sites is 1. The van der Waals surface area contributed by atoms with Crippen LogP contribution in [0.3, 0.4) is 0 Å². The van der Waals surface area contributed by atoms with Gasteiger partial charge in [0.2, 0.25) is 0 Å². The minimum atomic E-state index is -0.301. The summed E-state index contributed by atoms with van der Waals surface area (Å²) in [6, 6.07) is 24.7. The van der Waals surface area contributed by atoms with Gasteiger partial charge in [-0.15, -0.1) is 0 Å². The molecule has 4 rings (SSSR count). The quantitative estimate of drug-likeness (QED) is 0.251. The van der Waals surface area contributed by atoms with E-state index in [2.05, 4.69) is 26.5 Å². The van der Waals surface area contributed by atoms with Crippen molar-refractivity contribution in [1.29, 1.82) is 0 Å². The van der Waals surface area contributed by atoms with E-state index in [1.54, 1.807) is 25.5 Å². The molecule has 0 aliphatic rings. The van der Waals surface area contributed by atoms with E-state index in [0.717, 1.165) is 21.3 Å². The minimum Gasteiger partial charge on any atom is -0.493 e. The zero-order valence-corrected chi connectivity index (χ0v) is 19.5. The van der Waals surface area contributed by atoms with Crippen molar-refractivity contribution < 1.29 is 14.3 Å². The first-order chi connectivity index (χ1) is 16.2. The Labute approximate surface area is 200 Å². The molecule has 0 radical (unpaired) electrons. The number of methoxy groups -OCH3 is 1. The van der Waals surface area contributed by atoms with Crippen LogP contribution in [0.15, 0.2) is 101 Å². The van der Waals surface area contributed by atoms with Crippen LogP contribution in [0.4, 0.5) is 0 Å². The van der Waals surface area contributed by atoms with Crippen molar-refractivity contribution in [1.82, 2.24) is 9.99 Å². The summed E-state index contributed by atoms with van der Waals surface area (Å²) in [6.45, 7) is 0.417. The molecule has 1 aromatic heterocycles. The highest BCUT2D eigenvalue weighted by atomic mass is 79.9. The Morgan fingerprint density at radius 2 is 1.76 bits per heavy atom. The third kappa shape index (κ3) is 5.51. The predicted molar refractivity (Wildman–Crippen MR) is 132 cm³/mol. The number of hydrogen-bond donors (Lipinski definition) is 1. The Kier molecular flexibility index (Phi) is 7.22. The normalized spacial score (nSPS) is 10.8. The fraction of sp³-hybridized carbons (Fsp3) is 0.0769. The van der Waals surface area contributed by atoms with Crippen LogP contribution < -0.4 is 14.9 Å². The lowest BCUT2D eigenvalue weighted by atomic mass is 10.1. The van der Waals surface area contributed by atoms with Crippen LogP contribution in [0.25, 0.3) is 5.69 Å². The van der Waals surface area contributed by atoms with E-state index in [4.69, 9.17) is 9.47 Å². The van der Waals surface area contributed by atoms with Gasteiger partial charge in [0.15, 0.2) is 11.5 Å². The van der Waals surface area contributed by atoms with Crippen molar-refractivity contribution in [2.24, 2.45) is 5.10 Å². The van der Waals surface area contributed by atoms with Crippen molar-refractivity contribution in [2.45, 2.75) is 6.61 Å². The number of nitrogens with one attached hydrogen (secondary N) is 1. The third-order valence-corrected chi connectivity index (χ3v) is 5.48. The maximum Gasteiger partial charge on any atom is 0.273 e. The number of carbonyl (C=O) groups excluding carboxylic acids is 1. The molecule has 166 valence electrons. The average Bonchev–Trinajstić information content (AvgIpc) is 3.38. The van der Waals surface area contributed by atoms with Crippen molar-refractivity contribution in [3.8, 4) is 17.2 Å². The molecule has 1 heterocycles. The van der Waals surface area contributed by atoms with Gasteiger partial charge in [-0.3, -0.25) is 4.79 Å². The summed E-state index contributed by atoms with van der Waals surface area (Å²) in [5, 5.41) is 4.13. The molecule has 0 aliphatic carbocycles. The molecule has 1 amide bonds. The summed E-state index contributed by atoms with van der Waals surface area (Å²) in [5.41, 5.74) is 5.69. The van der Waals surface area contributed by atoms with E-state index in [1.807, 2.05) is 83.7 Å². The molecule has 0 spiro atoms. The van der Waals surface area contributed by atoms with Gasteiger partial charge in [-0.05, 0) is 63.5 Å². The number of amides is 1. The summed E-state index contributed by atoms with van der Waals surface area (Å²) < 4.78 is 14.1. The van der Waals surface area contributed by atoms with Crippen LogP contribution in [0, 0.1) is 0 Å². The van der Waals surface area contributed by atoms with Crippen molar-refractivity contribution in [3.05, 3.63) is 112 Å². The molecule has 6 nitrogen and oxygen atoms in total. The second-order valence-electron chi connectivity index (χ2n) is 7.11. The van der Waals surface area contributed by atoms with Gasteiger partial charge in [0, 0.05) is 12.4 Å². The summed E-state index contributed by atoms with van der Waals surface area (Å²) in [7, 11) is 1.58. The largest absolute Gasteiger partial charge is 0.493 e. The standard InChI is InChI=1S/C26H22BrN3O3/c1-32-24-16-20(15-22(27)25(24)33-18-19-9-3-2-4-10-19)17-28-29-26(31)21-11-5-6-12-23(21)30-13-7-8-14-30/h2-17H,18H2,1H3,(H,29,31)/b28-17-. The topological polar surface area (TPSA) is 64.8 Å². The molecule has 0 bridgehead atoms. The van der Waals surface area contributed by atoms with E-state index >= 15 is 0 Å². The molecule has 0 fully saturated rings. The molecule has 0 aliphatic heterocycles. The Balaban J connectivity index is 1.46. The highest BCUT2D eigenvalue weighted by molar-refractivity contribution is 9.10. The molecule has 3 aromatic carbocycles. The predicted octanol–water partition coefficient (Wildman–Crippen LogP) is 5.59. The van der Waals surface area contributed by atoms with Crippen molar-refractivity contribution in [2.75, 3.05) is 7.11 Å². The highest BCUT2D eigenvalue weighted by Crippen LogP contribution is 2.36. The summed E-state index contributed by atoms with van der Waals surface area (Å²) in [5.74, 6) is 0.860. The Morgan fingerprint density at radius 1 is 1.03 bits per heavy atom. The zero-order chi connectivity index (χ0) is 23.0. The molecule has 0 unspecified atom stereocenters. The maximum absolute atomic E-state index is 12.7. The lowest BCUT2D eigenvalue weighted by molar-refractivity contribution is 0.0955. The lowest BCUT2D eigenvalue weighted by Crippen LogP contribution is -2.19. The number of halogens is 1. The Bertz CT molecular complexity index is 1260. The van der Waals surface area contributed by atoms with Crippen LogP contribution in [-0.4, -0.2) is 23.8 Å². The number of hydrazone groups is 1. The van der Waals surface area contributed by atoms with Gasteiger partial charge in [0.05, 0.1) is 29.0 Å². The molecule has 0 saturated heterocycles. The Morgan fingerprint density at radius 3 is 2.52 bits per heavy atom. The number of benzene rings is 3. The molecule has 1 N–H and O–H groups in total. The molecular formula is C26H22BrN3O3. The van der Waals surface area contributed by atoms with E-state index in [1.165, 1.54) is 0 Å². The first kappa shape index (κ1) is 22.4. The minimum absolute atomic E-state index is 0.301. The van der Waals surface area contributed by atoms with Gasteiger partial charge >= 0.3 is 0 Å². The number of rotatable bonds is 8. The van der Waals surface area contributed by atoms with Crippen molar-refractivity contribution in [3.63, 3.8) is 0 Å².